The zero-order valence-corrected chi connectivity index (χ0v) is 7.06. The van der Waals surface area contributed by atoms with Crippen LogP contribution in [0.5, 0.6) is 0 Å². The molecule has 12 heavy (non-hydrogen) atoms. The van der Waals surface area contributed by atoms with E-state index in [1.54, 1.807) is 11.4 Å². The monoisotopic (exact) mass is 181 g/mol. The molecule has 62 valence electrons. The molecule has 0 radical (unpaired) electrons. The average molecular weight is 181 g/mol. The van der Waals surface area contributed by atoms with Crippen LogP contribution < -0.4 is 5.48 Å². The number of rotatable bonds is 3. The second-order valence-electron chi connectivity index (χ2n) is 1.94. The fourth-order valence-corrected chi connectivity index (χ4v) is 1.23. The third kappa shape index (κ3) is 2.38. The van der Waals surface area contributed by atoms with Crippen LogP contribution in [0, 0.1) is 12.3 Å². The molecule has 1 amide bonds. The molecule has 0 saturated heterocycles. The first kappa shape index (κ1) is 8.78. The Morgan fingerprint density at radius 3 is 3.25 bits per heavy atom. The van der Waals surface area contributed by atoms with E-state index in [4.69, 9.17) is 6.42 Å². The lowest BCUT2D eigenvalue weighted by Gasteiger charge is -1.99. The minimum Gasteiger partial charge on any atom is -0.267 e. The summed E-state index contributed by atoms with van der Waals surface area (Å²) in [7, 11) is 0. The topological polar surface area (TPSA) is 38.3 Å². The molecule has 0 aliphatic heterocycles. The number of hydroxylamine groups is 1. The zero-order chi connectivity index (χ0) is 8.81. The predicted molar refractivity (Wildman–Crippen MR) is 46.6 cm³/mol. The number of thiophene rings is 1. The van der Waals surface area contributed by atoms with Gasteiger partial charge in [0.2, 0.25) is 0 Å². The Labute approximate surface area is 74.3 Å². The Bertz CT molecular complexity index is 287. The maximum Gasteiger partial charge on any atom is 0.275 e. The van der Waals surface area contributed by atoms with Gasteiger partial charge in [-0.3, -0.25) is 9.63 Å². The van der Waals surface area contributed by atoms with Crippen LogP contribution in [0.4, 0.5) is 0 Å². The minimum atomic E-state index is -0.272. The molecule has 3 nitrogen and oxygen atoms in total. The Balaban J connectivity index is 2.36. The highest BCUT2D eigenvalue weighted by Crippen LogP contribution is 2.04. The number of hydrogen-bond acceptors (Lipinski definition) is 3. The van der Waals surface area contributed by atoms with Crippen LogP contribution in [-0.4, -0.2) is 12.5 Å². The molecule has 0 aliphatic carbocycles. The first-order valence-electron chi connectivity index (χ1n) is 3.22. The fourth-order valence-electron chi connectivity index (χ4n) is 0.596. The number of carbonyl (C=O) groups excluding carboxylic acids is 1. The van der Waals surface area contributed by atoms with Gasteiger partial charge >= 0.3 is 0 Å². The lowest BCUT2D eigenvalue weighted by atomic mass is 10.3. The van der Waals surface area contributed by atoms with Gasteiger partial charge in [-0.15, -0.1) is 6.42 Å². The summed E-state index contributed by atoms with van der Waals surface area (Å²) >= 11 is 1.45. The number of terminal acetylenes is 1. The standard InChI is InChI=1S/C8H7NO2S/c1-2-4-11-9-8(10)7-3-5-12-6-7/h1,3,5-6H,4H2,(H,9,10). The van der Waals surface area contributed by atoms with Gasteiger partial charge in [-0.25, -0.2) is 5.48 Å². The number of carbonyl (C=O) groups is 1. The normalized spacial score (nSPS) is 8.92. The molecule has 1 N–H and O–H groups in total. The van der Waals surface area contributed by atoms with Gasteiger partial charge in [0.25, 0.3) is 5.91 Å². The lowest BCUT2D eigenvalue weighted by molar-refractivity contribution is 0.0438. The van der Waals surface area contributed by atoms with E-state index >= 15 is 0 Å². The van der Waals surface area contributed by atoms with Gasteiger partial charge in [-0.1, -0.05) is 5.92 Å². The van der Waals surface area contributed by atoms with Crippen molar-refractivity contribution < 1.29 is 9.63 Å². The van der Waals surface area contributed by atoms with Crippen LogP contribution in [0.15, 0.2) is 16.8 Å². The van der Waals surface area contributed by atoms with E-state index < -0.39 is 0 Å². The molecule has 1 rings (SSSR count). The van der Waals surface area contributed by atoms with E-state index in [9.17, 15) is 4.79 Å². The largest absolute Gasteiger partial charge is 0.275 e. The van der Waals surface area contributed by atoms with Gasteiger partial charge in [0.15, 0.2) is 0 Å². The highest BCUT2D eigenvalue weighted by atomic mass is 32.1. The molecule has 1 aromatic heterocycles. The maximum absolute atomic E-state index is 11.1. The Morgan fingerprint density at radius 1 is 1.83 bits per heavy atom. The maximum atomic E-state index is 11.1. The van der Waals surface area contributed by atoms with Crippen LogP contribution in [0.2, 0.25) is 0 Å². The van der Waals surface area contributed by atoms with E-state index in [0.29, 0.717) is 5.56 Å². The summed E-state index contributed by atoms with van der Waals surface area (Å²) < 4.78 is 0. The van der Waals surface area contributed by atoms with Crippen molar-refractivity contribution in [2.75, 3.05) is 6.61 Å². The molecule has 0 aromatic carbocycles. The van der Waals surface area contributed by atoms with Crippen LogP contribution in [0.25, 0.3) is 0 Å². The van der Waals surface area contributed by atoms with Crippen molar-refractivity contribution in [2.45, 2.75) is 0 Å². The fraction of sp³-hybridized carbons (Fsp3) is 0.125. The molecule has 0 aliphatic rings. The van der Waals surface area contributed by atoms with E-state index in [2.05, 4.69) is 16.2 Å². The lowest BCUT2D eigenvalue weighted by Crippen LogP contribution is -2.23. The molecule has 0 fully saturated rings. The minimum absolute atomic E-state index is 0.0792. The van der Waals surface area contributed by atoms with Crippen molar-refractivity contribution in [3.63, 3.8) is 0 Å². The van der Waals surface area contributed by atoms with E-state index in [0.717, 1.165) is 0 Å². The summed E-state index contributed by atoms with van der Waals surface area (Å²) in [4.78, 5) is 15.7. The van der Waals surface area contributed by atoms with Gasteiger partial charge in [0.05, 0.1) is 5.56 Å². The summed E-state index contributed by atoms with van der Waals surface area (Å²) in [6, 6.07) is 1.71. The third-order valence-corrected chi connectivity index (χ3v) is 1.79. The van der Waals surface area contributed by atoms with Crippen LogP contribution in [0.3, 0.4) is 0 Å². The summed E-state index contributed by atoms with van der Waals surface area (Å²) in [5, 5.41) is 3.55. The average Bonchev–Trinajstić information content (AvgIpc) is 2.56. The molecule has 0 spiro atoms. The van der Waals surface area contributed by atoms with Crippen molar-refractivity contribution in [1.82, 2.24) is 5.48 Å². The van der Waals surface area contributed by atoms with Gasteiger partial charge in [0.1, 0.15) is 6.61 Å². The molecular formula is C8H7NO2S. The predicted octanol–water partition coefficient (Wildman–Crippen LogP) is 1.04. The first-order chi connectivity index (χ1) is 5.84. The van der Waals surface area contributed by atoms with Crippen LogP contribution in [-0.2, 0) is 4.84 Å². The Kier molecular flexibility index (Phi) is 3.33. The second kappa shape index (κ2) is 4.54. The van der Waals surface area contributed by atoms with Crippen molar-refractivity contribution in [2.24, 2.45) is 0 Å². The molecular weight excluding hydrogens is 174 g/mol. The quantitative estimate of drug-likeness (QED) is 0.430. The molecule has 0 unspecified atom stereocenters. The second-order valence-corrected chi connectivity index (χ2v) is 2.72. The Hall–Kier alpha value is -1.31. The van der Waals surface area contributed by atoms with E-state index in [1.165, 1.54) is 11.3 Å². The molecule has 4 heteroatoms. The number of hydrogen-bond donors (Lipinski definition) is 1. The van der Waals surface area contributed by atoms with Crippen molar-refractivity contribution in [3.8, 4) is 12.3 Å². The highest BCUT2D eigenvalue weighted by molar-refractivity contribution is 7.08. The number of nitrogens with one attached hydrogen (secondary N) is 1. The van der Waals surface area contributed by atoms with E-state index in [-0.39, 0.29) is 12.5 Å². The zero-order valence-electron chi connectivity index (χ0n) is 6.24. The van der Waals surface area contributed by atoms with Crippen molar-refractivity contribution >= 4 is 17.2 Å². The smallest absolute Gasteiger partial charge is 0.267 e. The molecule has 0 saturated carbocycles. The van der Waals surface area contributed by atoms with Gasteiger partial charge < -0.3 is 0 Å². The molecule has 1 aromatic rings. The van der Waals surface area contributed by atoms with Gasteiger partial charge in [-0.2, -0.15) is 11.3 Å². The summed E-state index contributed by atoms with van der Waals surface area (Å²) in [5.74, 6) is 1.96. The molecule has 0 bridgehead atoms. The number of amides is 1. The van der Waals surface area contributed by atoms with Gasteiger partial charge in [-0.05, 0) is 11.4 Å². The molecule has 0 atom stereocenters. The Morgan fingerprint density at radius 2 is 2.67 bits per heavy atom. The highest BCUT2D eigenvalue weighted by Gasteiger charge is 2.03. The van der Waals surface area contributed by atoms with Crippen molar-refractivity contribution in [1.29, 1.82) is 0 Å². The third-order valence-electron chi connectivity index (χ3n) is 1.10. The SMILES string of the molecule is C#CCONC(=O)c1ccsc1. The summed E-state index contributed by atoms with van der Waals surface area (Å²) in [5.41, 5.74) is 2.79. The van der Waals surface area contributed by atoms with Crippen molar-refractivity contribution in [3.05, 3.63) is 22.4 Å². The summed E-state index contributed by atoms with van der Waals surface area (Å²) in [6.45, 7) is 0.0792. The van der Waals surface area contributed by atoms with E-state index in [1.807, 2.05) is 5.38 Å². The summed E-state index contributed by atoms with van der Waals surface area (Å²) in [6.07, 6.45) is 4.91. The van der Waals surface area contributed by atoms with Crippen LogP contribution in [0.1, 0.15) is 10.4 Å². The first-order valence-corrected chi connectivity index (χ1v) is 4.16. The molecule has 1 heterocycles. The van der Waals surface area contributed by atoms with Gasteiger partial charge in [0, 0.05) is 5.38 Å². The van der Waals surface area contributed by atoms with Crippen LogP contribution >= 0.6 is 11.3 Å².